The summed E-state index contributed by atoms with van der Waals surface area (Å²) in [5.74, 6) is -0.287. The molecule has 4 rings (SSSR count). The van der Waals surface area contributed by atoms with Crippen LogP contribution in [0.4, 0.5) is 0 Å². The number of hydrogen-bond donors (Lipinski definition) is 2. The predicted molar refractivity (Wildman–Crippen MR) is 86.2 cm³/mol. The lowest BCUT2D eigenvalue weighted by atomic mass is 9.93. The van der Waals surface area contributed by atoms with Crippen molar-refractivity contribution in [2.45, 2.75) is 26.7 Å². The van der Waals surface area contributed by atoms with Gasteiger partial charge in [0.1, 0.15) is 5.69 Å². The number of benzene rings is 1. The Morgan fingerprint density at radius 2 is 2.05 bits per heavy atom. The molecule has 0 aliphatic heterocycles. The van der Waals surface area contributed by atoms with Crippen LogP contribution in [0.3, 0.4) is 0 Å². The zero-order valence-electron chi connectivity index (χ0n) is 12.7. The number of esters is 1. The van der Waals surface area contributed by atoms with Gasteiger partial charge in [-0.1, -0.05) is 11.6 Å². The van der Waals surface area contributed by atoms with E-state index in [9.17, 15) is 4.79 Å². The summed E-state index contributed by atoms with van der Waals surface area (Å²) in [7, 11) is 0. The van der Waals surface area contributed by atoms with E-state index < -0.39 is 0 Å². The van der Waals surface area contributed by atoms with Crippen molar-refractivity contribution in [3.63, 3.8) is 0 Å². The Kier molecular flexibility index (Phi) is 2.86. The fourth-order valence-electron chi connectivity index (χ4n) is 3.33. The standard InChI is InChI=1S/C18H18N2O2/c1-3-22-18(21)15-9-11-5-6-12-13-8-10(2)4-7-14(13)19-17(12)16(11)20-15/h4,7-9,19-20H,3,5-6H2,1-2H3. The number of carbonyl (C=O) groups excluding carboxylic acids is 1. The van der Waals surface area contributed by atoms with Gasteiger partial charge in [-0.3, -0.25) is 0 Å². The lowest BCUT2D eigenvalue weighted by Crippen LogP contribution is -2.04. The van der Waals surface area contributed by atoms with E-state index in [0.29, 0.717) is 12.3 Å². The van der Waals surface area contributed by atoms with Gasteiger partial charge in [-0.15, -0.1) is 0 Å². The van der Waals surface area contributed by atoms with Crippen molar-refractivity contribution in [2.24, 2.45) is 0 Å². The van der Waals surface area contributed by atoms with Crippen LogP contribution in [0.2, 0.25) is 0 Å². The highest BCUT2D eigenvalue weighted by Gasteiger charge is 2.24. The lowest BCUT2D eigenvalue weighted by Gasteiger charge is -2.12. The average molecular weight is 294 g/mol. The third-order valence-electron chi connectivity index (χ3n) is 4.35. The first kappa shape index (κ1) is 13.2. The largest absolute Gasteiger partial charge is 0.461 e. The first-order chi connectivity index (χ1) is 10.7. The normalized spacial score (nSPS) is 13.0. The van der Waals surface area contributed by atoms with Crippen molar-refractivity contribution >= 4 is 16.9 Å². The van der Waals surface area contributed by atoms with E-state index in [1.807, 2.05) is 13.0 Å². The maximum atomic E-state index is 11.9. The van der Waals surface area contributed by atoms with Crippen LogP contribution in [0.25, 0.3) is 22.3 Å². The molecule has 0 radical (unpaired) electrons. The number of hydrogen-bond acceptors (Lipinski definition) is 2. The van der Waals surface area contributed by atoms with Gasteiger partial charge in [-0.2, -0.15) is 0 Å². The number of fused-ring (bicyclic) bond motifs is 5. The van der Waals surface area contributed by atoms with Crippen LogP contribution in [0, 0.1) is 6.92 Å². The van der Waals surface area contributed by atoms with Crippen molar-refractivity contribution in [1.82, 2.24) is 9.97 Å². The second kappa shape index (κ2) is 4.77. The Hall–Kier alpha value is -2.49. The van der Waals surface area contributed by atoms with Gasteiger partial charge in [-0.25, -0.2) is 4.79 Å². The Morgan fingerprint density at radius 1 is 1.18 bits per heavy atom. The quantitative estimate of drug-likeness (QED) is 0.707. The molecule has 2 aromatic heterocycles. The summed E-state index contributed by atoms with van der Waals surface area (Å²) < 4.78 is 5.09. The van der Waals surface area contributed by atoms with Crippen LogP contribution >= 0.6 is 0 Å². The molecule has 3 aromatic rings. The molecular weight excluding hydrogens is 276 g/mol. The second-order valence-electron chi connectivity index (χ2n) is 5.83. The molecule has 0 saturated carbocycles. The van der Waals surface area contributed by atoms with Crippen molar-refractivity contribution in [3.8, 4) is 11.4 Å². The number of carbonyl (C=O) groups is 1. The molecule has 0 unspecified atom stereocenters. The van der Waals surface area contributed by atoms with E-state index in [-0.39, 0.29) is 5.97 Å². The third-order valence-corrected chi connectivity index (χ3v) is 4.35. The molecule has 2 heterocycles. The van der Waals surface area contributed by atoms with Crippen molar-refractivity contribution in [3.05, 3.63) is 46.6 Å². The maximum Gasteiger partial charge on any atom is 0.354 e. The Morgan fingerprint density at radius 3 is 2.86 bits per heavy atom. The number of H-pyrrole nitrogens is 2. The van der Waals surface area contributed by atoms with Crippen LogP contribution in [0.1, 0.15) is 34.1 Å². The minimum absolute atomic E-state index is 0.287. The Labute approximate surface area is 128 Å². The zero-order valence-corrected chi connectivity index (χ0v) is 12.7. The van der Waals surface area contributed by atoms with Gasteiger partial charge in [0.25, 0.3) is 0 Å². The lowest BCUT2D eigenvalue weighted by molar-refractivity contribution is 0.0520. The summed E-state index contributed by atoms with van der Waals surface area (Å²) in [5.41, 5.74) is 7.60. The first-order valence-corrected chi connectivity index (χ1v) is 7.68. The first-order valence-electron chi connectivity index (χ1n) is 7.68. The minimum Gasteiger partial charge on any atom is -0.461 e. The van der Waals surface area contributed by atoms with E-state index >= 15 is 0 Å². The van der Waals surface area contributed by atoms with Gasteiger partial charge < -0.3 is 14.7 Å². The van der Waals surface area contributed by atoms with Gasteiger partial charge in [-0.05, 0) is 56.0 Å². The van der Waals surface area contributed by atoms with Crippen LogP contribution in [-0.4, -0.2) is 22.5 Å². The molecule has 0 spiro atoms. The molecule has 1 aliphatic carbocycles. The minimum atomic E-state index is -0.287. The molecule has 112 valence electrons. The van der Waals surface area contributed by atoms with Crippen molar-refractivity contribution < 1.29 is 9.53 Å². The molecule has 0 bridgehead atoms. The molecule has 4 heteroatoms. The zero-order chi connectivity index (χ0) is 15.3. The summed E-state index contributed by atoms with van der Waals surface area (Å²) in [6, 6.07) is 8.39. The summed E-state index contributed by atoms with van der Waals surface area (Å²) in [4.78, 5) is 18.7. The SMILES string of the molecule is CCOC(=O)c1cc2c([nH]1)-c1[nH]c3ccc(C)cc3c1CC2. The van der Waals surface area contributed by atoms with Crippen LogP contribution < -0.4 is 0 Å². The van der Waals surface area contributed by atoms with Crippen molar-refractivity contribution in [2.75, 3.05) is 6.61 Å². The number of nitrogens with one attached hydrogen (secondary N) is 2. The molecule has 0 atom stereocenters. The van der Waals surface area contributed by atoms with E-state index in [0.717, 1.165) is 29.7 Å². The predicted octanol–water partition coefficient (Wildman–Crippen LogP) is 3.75. The smallest absolute Gasteiger partial charge is 0.354 e. The van der Waals surface area contributed by atoms with Crippen LogP contribution in [0.5, 0.6) is 0 Å². The number of aryl methyl sites for hydroxylation is 3. The number of rotatable bonds is 2. The van der Waals surface area contributed by atoms with Gasteiger partial charge in [0, 0.05) is 10.9 Å². The maximum absolute atomic E-state index is 11.9. The molecule has 2 N–H and O–H groups in total. The summed E-state index contributed by atoms with van der Waals surface area (Å²) >= 11 is 0. The fourth-order valence-corrected chi connectivity index (χ4v) is 3.33. The topological polar surface area (TPSA) is 57.9 Å². The fraction of sp³-hybridized carbons (Fsp3) is 0.278. The molecule has 1 aliphatic rings. The Balaban J connectivity index is 1.87. The van der Waals surface area contributed by atoms with Gasteiger partial charge in [0.2, 0.25) is 0 Å². The average Bonchev–Trinajstić information content (AvgIpc) is 3.08. The van der Waals surface area contributed by atoms with E-state index in [1.54, 1.807) is 0 Å². The van der Waals surface area contributed by atoms with Crippen LogP contribution in [-0.2, 0) is 17.6 Å². The second-order valence-corrected chi connectivity index (χ2v) is 5.83. The molecule has 22 heavy (non-hydrogen) atoms. The van der Waals surface area contributed by atoms with Gasteiger partial charge >= 0.3 is 5.97 Å². The summed E-state index contributed by atoms with van der Waals surface area (Å²) in [6.45, 7) is 4.32. The number of aromatic nitrogens is 2. The van der Waals surface area contributed by atoms with Crippen LogP contribution in [0.15, 0.2) is 24.3 Å². The molecular formula is C18H18N2O2. The van der Waals surface area contributed by atoms with E-state index in [2.05, 4.69) is 35.1 Å². The summed E-state index contributed by atoms with van der Waals surface area (Å²) in [6.07, 6.45) is 1.94. The molecule has 0 fully saturated rings. The third kappa shape index (κ3) is 1.87. The van der Waals surface area contributed by atoms with Crippen molar-refractivity contribution in [1.29, 1.82) is 0 Å². The molecule has 1 aromatic carbocycles. The van der Waals surface area contributed by atoms with E-state index in [1.165, 1.54) is 22.1 Å². The number of aromatic amines is 2. The monoisotopic (exact) mass is 294 g/mol. The van der Waals surface area contributed by atoms with E-state index in [4.69, 9.17) is 4.74 Å². The highest BCUT2D eigenvalue weighted by atomic mass is 16.5. The Bertz CT molecular complexity index is 886. The van der Waals surface area contributed by atoms with Gasteiger partial charge in [0.05, 0.1) is 18.0 Å². The summed E-state index contributed by atoms with van der Waals surface area (Å²) in [5, 5.41) is 1.29. The molecule has 0 saturated heterocycles. The highest BCUT2D eigenvalue weighted by molar-refractivity contribution is 5.94. The molecule has 0 amide bonds. The number of ether oxygens (including phenoxy) is 1. The van der Waals surface area contributed by atoms with Gasteiger partial charge in [0.15, 0.2) is 0 Å². The highest BCUT2D eigenvalue weighted by Crippen LogP contribution is 2.37. The molecule has 4 nitrogen and oxygen atoms in total.